The summed E-state index contributed by atoms with van der Waals surface area (Å²) in [5, 5.41) is 4.79. The summed E-state index contributed by atoms with van der Waals surface area (Å²) in [5.41, 5.74) is 10.4. The van der Waals surface area contributed by atoms with E-state index in [-0.39, 0.29) is 12.0 Å². The quantitative estimate of drug-likeness (QED) is 0.167. The second-order valence-electron chi connectivity index (χ2n) is 14.0. The van der Waals surface area contributed by atoms with E-state index in [0.29, 0.717) is 12.4 Å². The molecular weight excluding hydrogens is 661 g/mol. The van der Waals surface area contributed by atoms with Gasteiger partial charge in [0.2, 0.25) is 0 Å². The molecule has 256 valence electrons. The molecule has 7 aromatic rings. The van der Waals surface area contributed by atoms with Crippen molar-refractivity contribution in [2.75, 3.05) is 16.3 Å². The largest absolute Gasteiger partial charge is 0.333 e. The van der Waals surface area contributed by atoms with Crippen molar-refractivity contribution in [2.24, 2.45) is 0 Å². The first-order valence-corrected chi connectivity index (χ1v) is 18.5. The number of allylic oxidation sites excluding steroid dienone is 4. The van der Waals surface area contributed by atoms with Crippen LogP contribution in [0, 0.1) is 0 Å². The van der Waals surface area contributed by atoms with Gasteiger partial charge in [-0.1, -0.05) is 127 Å². The summed E-state index contributed by atoms with van der Waals surface area (Å²) in [4.78, 5) is 21.2. The monoisotopic (exact) mass is 694 g/mol. The summed E-state index contributed by atoms with van der Waals surface area (Å²) < 4.78 is 0. The molecule has 2 unspecified atom stereocenters. The van der Waals surface area contributed by atoms with Crippen LogP contribution in [0.4, 0.5) is 17.1 Å². The number of benzene rings is 6. The molecule has 2 atom stereocenters. The summed E-state index contributed by atoms with van der Waals surface area (Å²) >= 11 is 0. The zero-order chi connectivity index (χ0) is 35.6. The van der Waals surface area contributed by atoms with E-state index in [1.165, 1.54) is 55.2 Å². The zero-order valence-electron chi connectivity index (χ0n) is 29.4. The van der Waals surface area contributed by atoms with Gasteiger partial charge in [-0.05, 0) is 80.7 Å². The van der Waals surface area contributed by atoms with Crippen molar-refractivity contribution < 1.29 is 0 Å². The van der Waals surface area contributed by atoms with E-state index < -0.39 is 0 Å². The van der Waals surface area contributed by atoms with Gasteiger partial charge in [0.15, 0.2) is 5.82 Å². The highest BCUT2D eigenvalue weighted by molar-refractivity contribution is 6.22. The average molecular weight is 695 g/mol. The minimum absolute atomic E-state index is 0.170. The molecule has 6 nitrogen and oxygen atoms in total. The minimum Gasteiger partial charge on any atom is -0.333 e. The van der Waals surface area contributed by atoms with Crippen LogP contribution in [0.2, 0.25) is 0 Å². The molecular formula is C48H34N6. The first-order chi connectivity index (χ1) is 26.8. The van der Waals surface area contributed by atoms with E-state index >= 15 is 0 Å². The second kappa shape index (κ2) is 12.3. The molecule has 4 heterocycles. The third kappa shape index (κ3) is 4.56. The fraction of sp³-hybridized carbons (Fsp3) is 0.0625. The molecule has 0 amide bonds. The van der Waals surface area contributed by atoms with Crippen LogP contribution in [0.25, 0.3) is 44.1 Å². The molecule has 11 rings (SSSR count). The summed E-state index contributed by atoms with van der Waals surface area (Å²) in [6, 6.07) is 46.3. The highest BCUT2D eigenvalue weighted by Crippen LogP contribution is 2.55. The van der Waals surface area contributed by atoms with Crippen molar-refractivity contribution in [2.45, 2.75) is 12.0 Å². The number of aromatic nitrogens is 3. The first kappa shape index (κ1) is 30.6. The van der Waals surface area contributed by atoms with Crippen LogP contribution in [-0.4, -0.2) is 32.4 Å². The number of fused-ring (bicyclic) bond motifs is 6. The topological polar surface area (TPSA) is 48.4 Å². The molecule has 0 fully saturated rings. The number of anilines is 3. The number of nitrogens with zero attached hydrogens (tertiary/aromatic N) is 6. The van der Waals surface area contributed by atoms with E-state index in [1.54, 1.807) is 12.7 Å². The van der Waals surface area contributed by atoms with E-state index in [0.717, 1.165) is 22.9 Å². The Kier molecular flexibility index (Phi) is 6.95. The Bertz CT molecular complexity index is 2750. The summed E-state index contributed by atoms with van der Waals surface area (Å²) in [6.07, 6.45) is 18.9. The van der Waals surface area contributed by atoms with Gasteiger partial charge in [0.25, 0.3) is 0 Å². The molecule has 3 aliphatic heterocycles. The molecule has 54 heavy (non-hydrogen) atoms. The van der Waals surface area contributed by atoms with Crippen LogP contribution in [0.3, 0.4) is 0 Å². The van der Waals surface area contributed by atoms with Crippen LogP contribution in [0.15, 0.2) is 188 Å². The van der Waals surface area contributed by atoms with Crippen LogP contribution in [-0.2, 0) is 0 Å². The molecule has 1 aromatic heterocycles. The molecule has 0 saturated heterocycles. The summed E-state index contributed by atoms with van der Waals surface area (Å²) in [5.74, 6) is 1.89. The highest BCUT2D eigenvalue weighted by atomic mass is 15.4. The minimum atomic E-state index is 0.170. The van der Waals surface area contributed by atoms with Gasteiger partial charge in [-0.15, -0.1) is 0 Å². The van der Waals surface area contributed by atoms with Crippen LogP contribution in [0.1, 0.15) is 22.9 Å². The Balaban J connectivity index is 1.31. The highest BCUT2D eigenvalue weighted by Gasteiger charge is 2.42. The van der Waals surface area contributed by atoms with Gasteiger partial charge in [0.05, 0.1) is 11.7 Å². The van der Waals surface area contributed by atoms with Crippen LogP contribution >= 0.6 is 0 Å². The predicted molar refractivity (Wildman–Crippen MR) is 220 cm³/mol. The predicted octanol–water partition coefficient (Wildman–Crippen LogP) is 10.6. The van der Waals surface area contributed by atoms with E-state index in [4.69, 9.17) is 9.97 Å². The normalized spacial score (nSPS) is 18.4. The molecule has 4 aliphatic rings. The van der Waals surface area contributed by atoms with Gasteiger partial charge >= 0.3 is 0 Å². The SMILES string of the molecule is C1=CCN2C(=C1)N(c1ccccc1)C(c1ncncn1)=C2c1c2ccccc2c(-c2ccccc2)c2cc3c(cc12)C1C=CC=CC1N3c1ccccc1. The van der Waals surface area contributed by atoms with E-state index in [2.05, 4.69) is 190 Å². The molecule has 1 aliphatic carbocycles. The van der Waals surface area contributed by atoms with Gasteiger partial charge in [0, 0.05) is 35.1 Å². The van der Waals surface area contributed by atoms with Crippen LogP contribution in [0.5, 0.6) is 0 Å². The molecule has 0 saturated carbocycles. The summed E-state index contributed by atoms with van der Waals surface area (Å²) in [6.45, 7) is 0.709. The van der Waals surface area contributed by atoms with Crippen molar-refractivity contribution in [3.63, 3.8) is 0 Å². The van der Waals surface area contributed by atoms with Crippen molar-refractivity contribution in [1.82, 2.24) is 19.9 Å². The lowest BCUT2D eigenvalue weighted by atomic mass is 9.84. The fourth-order valence-electron chi connectivity index (χ4n) is 8.98. The van der Waals surface area contributed by atoms with Gasteiger partial charge in [-0.2, -0.15) is 0 Å². The Morgan fingerprint density at radius 1 is 0.574 bits per heavy atom. The Labute approximate surface area is 313 Å². The molecule has 0 bridgehead atoms. The lowest BCUT2D eigenvalue weighted by molar-refractivity contribution is 0.547. The maximum atomic E-state index is 4.83. The lowest BCUT2D eigenvalue weighted by Crippen LogP contribution is -2.28. The lowest BCUT2D eigenvalue weighted by Gasteiger charge is -2.29. The van der Waals surface area contributed by atoms with Gasteiger partial charge in [-0.25, -0.2) is 15.0 Å². The Morgan fingerprint density at radius 3 is 1.98 bits per heavy atom. The molecule has 6 aromatic carbocycles. The zero-order valence-corrected chi connectivity index (χ0v) is 29.4. The van der Waals surface area contributed by atoms with E-state index in [9.17, 15) is 0 Å². The molecule has 6 heteroatoms. The smallest absolute Gasteiger partial charge is 0.181 e. The maximum absolute atomic E-state index is 4.83. The number of rotatable bonds is 5. The van der Waals surface area contributed by atoms with Crippen molar-refractivity contribution in [3.8, 4) is 11.1 Å². The number of hydrogen-bond acceptors (Lipinski definition) is 6. The standard InChI is InChI=1S/C48H34N6/c1-4-16-32(17-5-1)44-36-23-10-11-24-37(36)45(39-28-38-35-22-12-13-25-41(35)53(42(38)29-40(39)44)33-18-6-2-7-19-33)46-47(48-50-30-49-31-51-48)54(34-20-8-3-9-21-34)43-26-14-15-27-52(43)46/h1-26,28-31,35,41H,27H2. The van der Waals surface area contributed by atoms with Gasteiger partial charge in [0.1, 0.15) is 24.2 Å². The molecule has 0 spiro atoms. The third-order valence-electron chi connectivity index (χ3n) is 11.1. The Hall–Kier alpha value is -7.05. The van der Waals surface area contributed by atoms with Crippen LogP contribution < -0.4 is 9.80 Å². The fourth-order valence-corrected chi connectivity index (χ4v) is 8.98. The van der Waals surface area contributed by atoms with Gasteiger partial charge in [-0.3, -0.25) is 4.90 Å². The summed E-state index contributed by atoms with van der Waals surface area (Å²) in [7, 11) is 0. The average Bonchev–Trinajstić information content (AvgIpc) is 3.76. The molecule has 0 radical (unpaired) electrons. The van der Waals surface area contributed by atoms with Crippen molar-refractivity contribution in [1.29, 1.82) is 0 Å². The number of para-hydroxylation sites is 2. The van der Waals surface area contributed by atoms with E-state index in [1.807, 2.05) is 0 Å². The first-order valence-electron chi connectivity index (χ1n) is 18.5. The maximum Gasteiger partial charge on any atom is 0.181 e. The van der Waals surface area contributed by atoms with Crippen molar-refractivity contribution in [3.05, 3.63) is 205 Å². The van der Waals surface area contributed by atoms with Gasteiger partial charge < -0.3 is 9.80 Å². The molecule has 0 N–H and O–H groups in total. The number of hydrogen-bond donors (Lipinski definition) is 0. The Morgan fingerprint density at radius 2 is 1.22 bits per heavy atom. The second-order valence-corrected chi connectivity index (χ2v) is 14.0. The van der Waals surface area contributed by atoms with Crippen molar-refractivity contribution >= 4 is 50.0 Å². The third-order valence-corrected chi connectivity index (χ3v) is 11.1.